The first-order valence-electron chi connectivity index (χ1n) is 26.3. The third-order valence-electron chi connectivity index (χ3n) is 10.3. The molecular weight excluding hydrogens is 829 g/mol. The summed E-state index contributed by atoms with van der Waals surface area (Å²) in [5.74, 6) is -1.06. The summed E-state index contributed by atoms with van der Waals surface area (Å²) in [6, 6.07) is 0. The van der Waals surface area contributed by atoms with Crippen molar-refractivity contribution in [3.63, 3.8) is 0 Å². The van der Waals surface area contributed by atoms with E-state index in [1.807, 2.05) is 12.2 Å². The van der Waals surface area contributed by atoms with Crippen LogP contribution >= 0.6 is 0 Å². The van der Waals surface area contributed by atoms with Crippen molar-refractivity contribution in [1.29, 1.82) is 0 Å². The maximum atomic E-state index is 12.8. The number of ether oxygens (including phenoxy) is 3. The van der Waals surface area contributed by atoms with Gasteiger partial charge < -0.3 is 14.2 Å². The summed E-state index contributed by atoms with van der Waals surface area (Å²) in [6.45, 7) is 6.18. The quantitative estimate of drug-likeness (QED) is 0.0262. The summed E-state index contributed by atoms with van der Waals surface area (Å²) in [6.07, 6.45) is 77.0. The average molecular weight is 923 g/mol. The van der Waals surface area contributed by atoms with Crippen LogP contribution in [0.3, 0.4) is 0 Å². The van der Waals surface area contributed by atoms with E-state index in [4.69, 9.17) is 14.2 Å². The first-order chi connectivity index (χ1) is 33.0. The van der Waals surface area contributed by atoms with E-state index in [-0.39, 0.29) is 44.0 Å². The standard InChI is InChI=1S/C61H94O6/c1-4-7-10-13-16-19-22-25-28-29-30-31-34-36-39-42-45-48-51-54-60(63)66-57-58(67-61(64)55-52-49-46-43-40-37-33-27-24-21-18-15-12-9-6-3)56-65-59(62)53-50-47-44-41-38-35-32-26-23-20-17-14-11-8-5-2/h7-12,16-21,25-28,30-33,36,39,45,48,58H,4-6,13-15,22-24,29,34-35,37-38,40-44,46-47,49-57H2,1-3H3/b10-7-,11-8-,12-9-,19-16-,20-17-,21-18-,28-25-,31-30-,32-26-,33-27-,39-36-,48-45-/t58-/m0/s1. The minimum absolute atomic E-state index is 0.124. The summed E-state index contributed by atoms with van der Waals surface area (Å²) in [5, 5.41) is 0. The number of rotatable bonds is 45. The van der Waals surface area contributed by atoms with E-state index >= 15 is 0 Å². The van der Waals surface area contributed by atoms with Gasteiger partial charge in [-0.15, -0.1) is 0 Å². The highest BCUT2D eigenvalue weighted by molar-refractivity contribution is 5.71. The highest BCUT2D eigenvalue weighted by atomic mass is 16.6. The van der Waals surface area contributed by atoms with Gasteiger partial charge in [-0.05, 0) is 122 Å². The molecule has 6 nitrogen and oxygen atoms in total. The van der Waals surface area contributed by atoms with Crippen LogP contribution in [0.4, 0.5) is 0 Å². The fourth-order valence-corrected chi connectivity index (χ4v) is 6.49. The van der Waals surface area contributed by atoms with Crippen molar-refractivity contribution in [3.8, 4) is 0 Å². The zero-order chi connectivity index (χ0) is 48.6. The molecule has 1 atom stereocenters. The lowest BCUT2D eigenvalue weighted by atomic mass is 10.1. The molecule has 0 heterocycles. The van der Waals surface area contributed by atoms with Crippen molar-refractivity contribution in [2.45, 2.75) is 207 Å². The fraction of sp³-hybridized carbons (Fsp3) is 0.557. The zero-order valence-corrected chi connectivity index (χ0v) is 42.6. The Morgan fingerprint density at radius 3 is 0.925 bits per heavy atom. The van der Waals surface area contributed by atoms with Gasteiger partial charge in [-0.1, -0.05) is 205 Å². The van der Waals surface area contributed by atoms with Crippen molar-refractivity contribution < 1.29 is 28.6 Å². The molecule has 0 saturated carbocycles. The number of allylic oxidation sites excluding steroid dienone is 24. The summed E-state index contributed by atoms with van der Waals surface area (Å²) in [4.78, 5) is 38.0. The molecule has 0 unspecified atom stereocenters. The van der Waals surface area contributed by atoms with E-state index in [0.717, 1.165) is 154 Å². The highest BCUT2D eigenvalue weighted by Gasteiger charge is 2.19. The van der Waals surface area contributed by atoms with Crippen molar-refractivity contribution in [3.05, 3.63) is 146 Å². The lowest BCUT2D eigenvalue weighted by Crippen LogP contribution is -2.30. The lowest BCUT2D eigenvalue weighted by Gasteiger charge is -2.18. The lowest BCUT2D eigenvalue weighted by molar-refractivity contribution is -0.166. The number of unbranched alkanes of at least 4 members (excludes halogenated alkanes) is 10. The van der Waals surface area contributed by atoms with Crippen molar-refractivity contribution in [2.24, 2.45) is 0 Å². The molecule has 0 aliphatic heterocycles. The molecule has 0 aliphatic rings. The molecule has 0 fully saturated rings. The van der Waals surface area contributed by atoms with Gasteiger partial charge in [0, 0.05) is 19.3 Å². The van der Waals surface area contributed by atoms with Gasteiger partial charge >= 0.3 is 17.9 Å². The summed E-state index contributed by atoms with van der Waals surface area (Å²) in [7, 11) is 0. The van der Waals surface area contributed by atoms with Crippen molar-refractivity contribution in [2.75, 3.05) is 13.2 Å². The molecule has 374 valence electrons. The molecule has 0 spiro atoms. The first-order valence-corrected chi connectivity index (χ1v) is 26.3. The normalized spacial score (nSPS) is 13.3. The Labute approximate surface area is 410 Å². The van der Waals surface area contributed by atoms with E-state index in [2.05, 4.69) is 154 Å². The number of carbonyl (C=O) groups is 3. The Morgan fingerprint density at radius 1 is 0.299 bits per heavy atom. The van der Waals surface area contributed by atoms with Crippen molar-refractivity contribution in [1.82, 2.24) is 0 Å². The molecular formula is C61H94O6. The molecule has 0 bridgehead atoms. The summed E-state index contributed by atoms with van der Waals surface area (Å²) in [5.41, 5.74) is 0. The van der Waals surface area contributed by atoms with Gasteiger partial charge in [-0.25, -0.2) is 0 Å². The SMILES string of the molecule is CC/C=C\C/C=C\C/C=C\C/C=C\C/C=C\C/C=C\CCC(=O)OC[C@H](COC(=O)CCCCCCC/C=C\C/C=C\C/C=C\CC)OC(=O)CCCCCCC/C=C\C/C=C\C/C=C\CC. The molecule has 0 saturated heterocycles. The smallest absolute Gasteiger partial charge is 0.306 e. The van der Waals surface area contributed by atoms with Crippen LogP contribution in [0.15, 0.2) is 146 Å². The van der Waals surface area contributed by atoms with Crippen LogP contribution in [-0.4, -0.2) is 37.2 Å². The van der Waals surface area contributed by atoms with Gasteiger partial charge in [0.05, 0.1) is 0 Å². The molecule has 0 aromatic rings. The summed E-state index contributed by atoms with van der Waals surface area (Å²) >= 11 is 0. The number of carbonyl (C=O) groups excluding carboxylic acids is 3. The van der Waals surface area contributed by atoms with Gasteiger partial charge in [0.15, 0.2) is 6.10 Å². The Morgan fingerprint density at radius 2 is 0.567 bits per heavy atom. The third-order valence-corrected chi connectivity index (χ3v) is 10.3. The Balaban J connectivity index is 4.59. The monoisotopic (exact) mass is 923 g/mol. The van der Waals surface area contributed by atoms with Crippen LogP contribution in [-0.2, 0) is 28.6 Å². The predicted octanol–water partition coefficient (Wildman–Crippen LogP) is 17.6. The second-order valence-corrected chi connectivity index (χ2v) is 16.6. The number of esters is 3. The van der Waals surface area contributed by atoms with Crippen LogP contribution in [0.25, 0.3) is 0 Å². The maximum Gasteiger partial charge on any atom is 0.306 e. The molecule has 6 heteroatoms. The van der Waals surface area contributed by atoms with E-state index in [1.165, 1.54) is 0 Å². The average Bonchev–Trinajstić information content (AvgIpc) is 3.33. The van der Waals surface area contributed by atoms with Gasteiger partial charge in [0.2, 0.25) is 0 Å². The second kappa shape index (κ2) is 53.9. The number of hydrogen-bond donors (Lipinski definition) is 0. The summed E-state index contributed by atoms with van der Waals surface area (Å²) < 4.78 is 16.7. The van der Waals surface area contributed by atoms with Gasteiger partial charge in [0.25, 0.3) is 0 Å². The minimum Gasteiger partial charge on any atom is -0.462 e. The van der Waals surface area contributed by atoms with Crippen LogP contribution < -0.4 is 0 Å². The van der Waals surface area contributed by atoms with E-state index in [1.54, 1.807) is 0 Å². The molecule has 0 aromatic heterocycles. The van der Waals surface area contributed by atoms with Crippen molar-refractivity contribution >= 4 is 17.9 Å². The number of hydrogen-bond acceptors (Lipinski definition) is 6. The third kappa shape index (κ3) is 52.1. The highest BCUT2D eigenvalue weighted by Crippen LogP contribution is 2.12. The van der Waals surface area contributed by atoms with E-state index in [0.29, 0.717) is 12.8 Å². The Kier molecular flexibility index (Phi) is 50.1. The fourth-order valence-electron chi connectivity index (χ4n) is 6.49. The van der Waals surface area contributed by atoms with Crippen LogP contribution in [0.5, 0.6) is 0 Å². The Hall–Kier alpha value is -4.71. The minimum atomic E-state index is -0.831. The first kappa shape index (κ1) is 62.3. The molecule has 0 aliphatic carbocycles. The largest absolute Gasteiger partial charge is 0.462 e. The molecule has 0 radical (unpaired) electrons. The molecule has 67 heavy (non-hydrogen) atoms. The van der Waals surface area contributed by atoms with Crippen LogP contribution in [0, 0.1) is 0 Å². The zero-order valence-electron chi connectivity index (χ0n) is 42.6. The van der Waals surface area contributed by atoms with Crippen LogP contribution in [0.2, 0.25) is 0 Å². The van der Waals surface area contributed by atoms with Crippen LogP contribution in [0.1, 0.15) is 201 Å². The topological polar surface area (TPSA) is 78.9 Å². The predicted molar refractivity (Wildman–Crippen MR) is 288 cm³/mol. The molecule has 0 aromatic carbocycles. The van der Waals surface area contributed by atoms with Gasteiger partial charge in [0.1, 0.15) is 13.2 Å². The van der Waals surface area contributed by atoms with E-state index < -0.39 is 6.10 Å². The van der Waals surface area contributed by atoms with Gasteiger partial charge in [-0.3, -0.25) is 14.4 Å². The molecule has 0 rings (SSSR count). The van der Waals surface area contributed by atoms with E-state index in [9.17, 15) is 14.4 Å². The molecule has 0 N–H and O–H groups in total. The molecule has 0 amide bonds. The second-order valence-electron chi connectivity index (χ2n) is 16.6. The maximum absolute atomic E-state index is 12.8. The van der Waals surface area contributed by atoms with Gasteiger partial charge in [-0.2, -0.15) is 0 Å². The Bertz CT molecular complexity index is 1530.